The summed E-state index contributed by atoms with van der Waals surface area (Å²) in [4.78, 5) is 16.4. The quantitative estimate of drug-likeness (QED) is 0.918. The first-order valence-electron chi connectivity index (χ1n) is 7.39. The van der Waals surface area contributed by atoms with Crippen LogP contribution >= 0.6 is 11.6 Å². The van der Waals surface area contributed by atoms with Crippen LogP contribution in [0.1, 0.15) is 50.5 Å². The van der Waals surface area contributed by atoms with Crippen molar-refractivity contribution >= 4 is 17.5 Å². The van der Waals surface area contributed by atoms with Crippen LogP contribution in [0.2, 0.25) is 5.02 Å². The van der Waals surface area contributed by atoms with Gasteiger partial charge in [0.1, 0.15) is 5.69 Å². The molecule has 1 aliphatic carbocycles. The van der Waals surface area contributed by atoms with Gasteiger partial charge in [0, 0.05) is 17.3 Å². The van der Waals surface area contributed by atoms with Crippen molar-refractivity contribution < 1.29 is 4.79 Å². The third kappa shape index (κ3) is 3.72. The summed E-state index contributed by atoms with van der Waals surface area (Å²) in [5.74, 6) is 1.69. The molecule has 1 N–H and O–H groups in total. The zero-order valence-corrected chi connectivity index (χ0v) is 13.2. The number of aromatic nitrogens is 1. The van der Waals surface area contributed by atoms with Gasteiger partial charge in [0.25, 0.3) is 5.91 Å². The predicted octanol–water partition coefficient (Wildman–Crippen LogP) is 3.93. The molecule has 3 atom stereocenters. The molecule has 3 unspecified atom stereocenters. The third-order valence-electron chi connectivity index (χ3n) is 4.29. The maximum atomic E-state index is 12.3. The Hall–Kier alpha value is -1.09. The molecule has 1 saturated carbocycles. The number of amides is 1. The largest absolute Gasteiger partial charge is 0.348 e. The monoisotopic (exact) mass is 294 g/mol. The molecule has 1 aromatic rings. The van der Waals surface area contributed by atoms with Crippen molar-refractivity contribution in [1.82, 2.24) is 10.3 Å². The summed E-state index contributed by atoms with van der Waals surface area (Å²) < 4.78 is 0. The van der Waals surface area contributed by atoms with E-state index in [1.54, 1.807) is 18.3 Å². The van der Waals surface area contributed by atoms with Gasteiger partial charge in [0.2, 0.25) is 0 Å². The number of nitrogens with one attached hydrogen (secondary N) is 1. The van der Waals surface area contributed by atoms with Crippen LogP contribution in [0.5, 0.6) is 0 Å². The Morgan fingerprint density at radius 2 is 2.20 bits per heavy atom. The first-order chi connectivity index (χ1) is 9.47. The van der Waals surface area contributed by atoms with E-state index in [1.165, 1.54) is 12.8 Å². The van der Waals surface area contributed by atoms with Gasteiger partial charge in [-0.15, -0.1) is 0 Å². The Bertz CT molecular complexity index is 475. The van der Waals surface area contributed by atoms with Gasteiger partial charge in [-0.05, 0) is 42.7 Å². The highest BCUT2D eigenvalue weighted by atomic mass is 35.5. The Labute approximate surface area is 126 Å². The Morgan fingerprint density at radius 3 is 2.85 bits per heavy atom. The SMILES string of the molecule is CC1CCC(C(C)C)C(NC(=O)c2cc(Cl)ccn2)C1. The van der Waals surface area contributed by atoms with E-state index in [9.17, 15) is 4.79 Å². The molecule has 20 heavy (non-hydrogen) atoms. The van der Waals surface area contributed by atoms with Crippen LogP contribution in [-0.2, 0) is 0 Å². The lowest BCUT2D eigenvalue weighted by Crippen LogP contribution is -2.45. The smallest absolute Gasteiger partial charge is 0.270 e. The molecule has 1 fully saturated rings. The van der Waals surface area contributed by atoms with Crippen molar-refractivity contribution in [3.05, 3.63) is 29.0 Å². The minimum Gasteiger partial charge on any atom is -0.348 e. The second kappa shape index (κ2) is 6.57. The average molecular weight is 295 g/mol. The fourth-order valence-corrected chi connectivity index (χ4v) is 3.30. The number of hydrogen-bond acceptors (Lipinski definition) is 2. The maximum Gasteiger partial charge on any atom is 0.270 e. The van der Waals surface area contributed by atoms with Crippen molar-refractivity contribution in [1.29, 1.82) is 0 Å². The molecule has 2 rings (SSSR count). The van der Waals surface area contributed by atoms with E-state index >= 15 is 0 Å². The van der Waals surface area contributed by atoms with E-state index in [1.807, 2.05) is 0 Å². The minimum atomic E-state index is -0.114. The number of carbonyl (C=O) groups is 1. The van der Waals surface area contributed by atoms with Crippen molar-refractivity contribution in [2.75, 3.05) is 0 Å². The first-order valence-corrected chi connectivity index (χ1v) is 7.77. The molecule has 4 heteroatoms. The van der Waals surface area contributed by atoms with Gasteiger partial charge in [-0.3, -0.25) is 9.78 Å². The van der Waals surface area contributed by atoms with E-state index in [-0.39, 0.29) is 11.9 Å². The fraction of sp³-hybridized carbons (Fsp3) is 0.625. The van der Waals surface area contributed by atoms with Crippen LogP contribution in [0, 0.1) is 17.8 Å². The lowest BCUT2D eigenvalue weighted by atomic mass is 9.74. The second-order valence-corrected chi connectivity index (χ2v) is 6.70. The maximum absolute atomic E-state index is 12.3. The summed E-state index contributed by atoms with van der Waals surface area (Å²) in [6, 6.07) is 3.54. The van der Waals surface area contributed by atoms with Crippen LogP contribution in [-0.4, -0.2) is 16.9 Å². The number of nitrogens with zero attached hydrogens (tertiary/aromatic N) is 1. The van der Waals surface area contributed by atoms with Crippen LogP contribution in [0.4, 0.5) is 0 Å². The van der Waals surface area contributed by atoms with Gasteiger partial charge in [-0.2, -0.15) is 0 Å². The van der Waals surface area contributed by atoms with Crippen LogP contribution in [0.3, 0.4) is 0 Å². The summed E-state index contributed by atoms with van der Waals surface area (Å²) in [7, 11) is 0. The highest BCUT2D eigenvalue weighted by Gasteiger charge is 2.31. The third-order valence-corrected chi connectivity index (χ3v) is 4.53. The summed E-state index contributed by atoms with van der Waals surface area (Å²) in [5.41, 5.74) is 0.401. The molecular formula is C16H23ClN2O. The van der Waals surface area contributed by atoms with Crippen molar-refractivity contribution in [2.45, 2.75) is 46.1 Å². The number of pyridine rings is 1. The number of hydrogen-bond donors (Lipinski definition) is 1. The molecule has 1 amide bonds. The second-order valence-electron chi connectivity index (χ2n) is 6.27. The molecule has 0 radical (unpaired) electrons. The van der Waals surface area contributed by atoms with Gasteiger partial charge in [-0.25, -0.2) is 0 Å². The number of rotatable bonds is 3. The average Bonchev–Trinajstić information content (AvgIpc) is 2.38. The highest BCUT2D eigenvalue weighted by Crippen LogP contribution is 2.33. The summed E-state index contributed by atoms with van der Waals surface area (Å²) in [6.07, 6.45) is 5.06. The van der Waals surface area contributed by atoms with E-state index < -0.39 is 0 Å². The molecule has 0 bridgehead atoms. The molecule has 3 nitrogen and oxygen atoms in total. The van der Waals surface area contributed by atoms with E-state index in [0.717, 1.165) is 6.42 Å². The van der Waals surface area contributed by atoms with E-state index in [0.29, 0.717) is 28.5 Å². The van der Waals surface area contributed by atoms with Gasteiger partial charge >= 0.3 is 0 Å². The molecule has 0 aromatic carbocycles. The Morgan fingerprint density at radius 1 is 1.45 bits per heavy atom. The Kier molecular flexibility index (Phi) is 5.03. The van der Waals surface area contributed by atoms with Gasteiger partial charge in [0.05, 0.1) is 0 Å². The van der Waals surface area contributed by atoms with Crippen LogP contribution < -0.4 is 5.32 Å². The minimum absolute atomic E-state index is 0.114. The van der Waals surface area contributed by atoms with E-state index in [2.05, 4.69) is 31.1 Å². The molecule has 1 aromatic heterocycles. The lowest BCUT2D eigenvalue weighted by Gasteiger charge is -2.37. The van der Waals surface area contributed by atoms with Crippen LogP contribution in [0.25, 0.3) is 0 Å². The number of halogens is 1. The Balaban J connectivity index is 2.08. The zero-order chi connectivity index (χ0) is 14.7. The predicted molar refractivity (Wildman–Crippen MR) is 81.8 cm³/mol. The summed E-state index contributed by atoms with van der Waals surface area (Å²) in [5, 5.41) is 3.71. The van der Waals surface area contributed by atoms with Gasteiger partial charge in [-0.1, -0.05) is 38.8 Å². The van der Waals surface area contributed by atoms with Crippen molar-refractivity contribution in [3.63, 3.8) is 0 Å². The fourth-order valence-electron chi connectivity index (χ4n) is 3.14. The summed E-state index contributed by atoms with van der Waals surface area (Å²) in [6.45, 7) is 6.72. The topological polar surface area (TPSA) is 42.0 Å². The number of carbonyl (C=O) groups excluding carboxylic acids is 1. The normalized spacial score (nSPS) is 26.6. The first kappa shape index (κ1) is 15.3. The molecule has 0 spiro atoms. The van der Waals surface area contributed by atoms with Crippen molar-refractivity contribution in [2.24, 2.45) is 17.8 Å². The molecule has 0 saturated heterocycles. The standard InChI is InChI=1S/C16H23ClN2O/c1-10(2)13-5-4-11(3)8-14(13)19-16(20)15-9-12(17)6-7-18-15/h6-7,9-11,13-14H,4-5,8H2,1-3H3,(H,19,20). The van der Waals surface area contributed by atoms with Crippen molar-refractivity contribution in [3.8, 4) is 0 Å². The molecule has 1 heterocycles. The van der Waals surface area contributed by atoms with Crippen LogP contribution in [0.15, 0.2) is 18.3 Å². The molecule has 110 valence electrons. The highest BCUT2D eigenvalue weighted by molar-refractivity contribution is 6.30. The molecule has 0 aliphatic heterocycles. The summed E-state index contributed by atoms with van der Waals surface area (Å²) >= 11 is 5.91. The molecular weight excluding hydrogens is 272 g/mol. The molecule has 1 aliphatic rings. The lowest BCUT2D eigenvalue weighted by molar-refractivity contribution is 0.0863. The van der Waals surface area contributed by atoms with E-state index in [4.69, 9.17) is 11.6 Å². The zero-order valence-electron chi connectivity index (χ0n) is 12.4. The van der Waals surface area contributed by atoms with Gasteiger partial charge in [0.15, 0.2) is 0 Å². The van der Waals surface area contributed by atoms with Gasteiger partial charge < -0.3 is 5.32 Å².